The van der Waals surface area contributed by atoms with Crippen molar-refractivity contribution in [1.82, 2.24) is 15.1 Å². The van der Waals surface area contributed by atoms with Gasteiger partial charge in [-0.05, 0) is 19.8 Å². The first-order valence-electron chi connectivity index (χ1n) is 6.42. The van der Waals surface area contributed by atoms with Crippen LogP contribution in [0.3, 0.4) is 0 Å². The highest BCUT2D eigenvalue weighted by molar-refractivity contribution is 5.69. The minimum Gasteiger partial charge on any atom is -0.481 e. The van der Waals surface area contributed by atoms with Crippen molar-refractivity contribution in [3.05, 3.63) is 18.0 Å². The molecule has 0 aliphatic carbocycles. The molecule has 2 N–H and O–H groups in total. The van der Waals surface area contributed by atoms with E-state index < -0.39 is 5.97 Å². The molecule has 1 rings (SSSR count). The van der Waals surface area contributed by atoms with E-state index >= 15 is 0 Å². The van der Waals surface area contributed by atoms with E-state index in [0.717, 1.165) is 25.8 Å². The van der Waals surface area contributed by atoms with Crippen LogP contribution in [0, 0.1) is 5.92 Å². The molecule has 0 aromatic carbocycles. The van der Waals surface area contributed by atoms with E-state index in [1.807, 2.05) is 19.4 Å². The topological polar surface area (TPSA) is 67.2 Å². The van der Waals surface area contributed by atoms with Crippen molar-refractivity contribution in [3.63, 3.8) is 0 Å². The highest BCUT2D eigenvalue weighted by Crippen LogP contribution is 2.10. The minimum absolute atomic E-state index is 0.240. The molecule has 0 aliphatic rings. The smallest absolute Gasteiger partial charge is 0.306 e. The average Bonchev–Trinajstić information content (AvgIpc) is 2.72. The molecule has 2 atom stereocenters. The van der Waals surface area contributed by atoms with E-state index in [0.29, 0.717) is 6.04 Å². The number of carboxylic acid groups (broad SMARTS) is 1. The largest absolute Gasteiger partial charge is 0.481 e. The third kappa shape index (κ3) is 5.31. The first-order chi connectivity index (χ1) is 8.49. The molecule has 0 aliphatic heterocycles. The number of aryl methyl sites for hydroxylation is 1. The number of hydrogen-bond acceptors (Lipinski definition) is 3. The zero-order chi connectivity index (χ0) is 13.5. The molecule has 1 aromatic rings. The van der Waals surface area contributed by atoms with Gasteiger partial charge in [0.05, 0.1) is 12.1 Å². The van der Waals surface area contributed by atoms with Gasteiger partial charge in [-0.1, -0.05) is 13.3 Å². The molecule has 0 amide bonds. The molecule has 102 valence electrons. The van der Waals surface area contributed by atoms with Crippen molar-refractivity contribution in [2.24, 2.45) is 13.0 Å². The lowest BCUT2D eigenvalue weighted by Gasteiger charge is -2.13. The fourth-order valence-corrected chi connectivity index (χ4v) is 1.81. The number of carbonyl (C=O) groups is 1. The Morgan fingerprint density at radius 3 is 2.78 bits per heavy atom. The lowest BCUT2D eigenvalue weighted by Crippen LogP contribution is -2.25. The Bertz CT molecular complexity index is 376. The summed E-state index contributed by atoms with van der Waals surface area (Å²) in [6.07, 6.45) is 6.53. The van der Waals surface area contributed by atoms with Crippen molar-refractivity contribution in [1.29, 1.82) is 0 Å². The van der Waals surface area contributed by atoms with Gasteiger partial charge in [0.1, 0.15) is 0 Å². The summed E-state index contributed by atoms with van der Waals surface area (Å²) < 4.78 is 1.79. The molecule has 0 saturated heterocycles. The van der Waals surface area contributed by atoms with Crippen LogP contribution >= 0.6 is 0 Å². The Morgan fingerprint density at radius 1 is 1.50 bits per heavy atom. The number of nitrogens with zero attached hydrogens (tertiary/aromatic N) is 2. The standard InChI is InChI=1S/C13H23N3O2/c1-10(13(17)18)5-4-6-11(2)14-7-12-8-15-16(3)9-12/h8-11,14H,4-7H2,1-3H3,(H,17,18). The van der Waals surface area contributed by atoms with E-state index in [-0.39, 0.29) is 5.92 Å². The van der Waals surface area contributed by atoms with Crippen LogP contribution in [0.15, 0.2) is 12.4 Å². The predicted octanol–water partition coefficient (Wildman–Crippen LogP) is 1.79. The third-order valence-corrected chi connectivity index (χ3v) is 3.11. The van der Waals surface area contributed by atoms with Gasteiger partial charge in [0, 0.05) is 31.4 Å². The van der Waals surface area contributed by atoms with Crippen molar-refractivity contribution in [2.45, 2.75) is 45.7 Å². The average molecular weight is 253 g/mol. The fraction of sp³-hybridized carbons (Fsp3) is 0.692. The van der Waals surface area contributed by atoms with Gasteiger partial charge in [-0.3, -0.25) is 9.48 Å². The van der Waals surface area contributed by atoms with Gasteiger partial charge < -0.3 is 10.4 Å². The summed E-state index contributed by atoms with van der Waals surface area (Å²) in [4.78, 5) is 10.7. The zero-order valence-electron chi connectivity index (χ0n) is 11.4. The maximum absolute atomic E-state index is 10.7. The highest BCUT2D eigenvalue weighted by atomic mass is 16.4. The number of carboxylic acids is 1. The Kier molecular flexibility index (Phi) is 5.85. The molecule has 0 radical (unpaired) electrons. The summed E-state index contributed by atoms with van der Waals surface area (Å²) in [6.45, 7) is 4.70. The molecule has 5 heteroatoms. The summed E-state index contributed by atoms with van der Waals surface area (Å²) in [5.41, 5.74) is 1.17. The number of nitrogens with one attached hydrogen (secondary N) is 1. The molecule has 2 unspecified atom stereocenters. The summed E-state index contributed by atoms with van der Waals surface area (Å²) in [6, 6.07) is 0.395. The van der Waals surface area contributed by atoms with Crippen molar-refractivity contribution >= 4 is 5.97 Å². The highest BCUT2D eigenvalue weighted by Gasteiger charge is 2.11. The van der Waals surface area contributed by atoms with Gasteiger partial charge in [0.15, 0.2) is 0 Å². The fourth-order valence-electron chi connectivity index (χ4n) is 1.81. The van der Waals surface area contributed by atoms with Crippen LogP contribution in [0.2, 0.25) is 0 Å². The Hall–Kier alpha value is -1.36. The first kappa shape index (κ1) is 14.7. The zero-order valence-corrected chi connectivity index (χ0v) is 11.4. The lowest BCUT2D eigenvalue weighted by molar-refractivity contribution is -0.141. The van der Waals surface area contributed by atoms with Crippen LogP contribution < -0.4 is 5.32 Å². The van der Waals surface area contributed by atoms with E-state index in [2.05, 4.69) is 17.3 Å². The molecule has 1 heterocycles. The van der Waals surface area contributed by atoms with E-state index in [1.54, 1.807) is 11.6 Å². The van der Waals surface area contributed by atoms with Crippen molar-refractivity contribution < 1.29 is 9.90 Å². The summed E-state index contributed by atoms with van der Waals surface area (Å²) in [7, 11) is 1.90. The molecule has 18 heavy (non-hydrogen) atoms. The number of rotatable bonds is 8. The van der Waals surface area contributed by atoms with Crippen LogP contribution in [-0.4, -0.2) is 26.9 Å². The van der Waals surface area contributed by atoms with Crippen LogP contribution in [0.5, 0.6) is 0 Å². The molecule has 0 spiro atoms. The number of aromatic nitrogens is 2. The molecular formula is C13H23N3O2. The van der Waals surface area contributed by atoms with E-state index in [4.69, 9.17) is 5.11 Å². The van der Waals surface area contributed by atoms with Crippen LogP contribution in [-0.2, 0) is 18.4 Å². The summed E-state index contributed by atoms with van der Waals surface area (Å²) >= 11 is 0. The van der Waals surface area contributed by atoms with E-state index in [1.165, 1.54) is 5.56 Å². The number of hydrogen-bond donors (Lipinski definition) is 2. The van der Waals surface area contributed by atoms with Crippen LogP contribution in [0.4, 0.5) is 0 Å². The molecule has 1 aromatic heterocycles. The second-order valence-electron chi connectivity index (χ2n) is 4.97. The predicted molar refractivity (Wildman–Crippen MR) is 70.2 cm³/mol. The molecule has 0 bridgehead atoms. The van der Waals surface area contributed by atoms with E-state index in [9.17, 15) is 4.79 Å². The second-order valence-corrected chi connectivity index (χ2v) is 4.97. The normalized spacial score (nSPS) is 14.4. The maximum atomic E-state index is 10.7. The van der Waals surface area contributed by atoms with Crippen LogP contribution in [0.25, 0.3) is 0 Å². The number of aliphatic carboxylic acids is 1. The van der Waals surface area contributed by atoms with Crippen LogP contribution in [0.1, 0.15) is 38.7 Å². The van der Waals surface area contributed by atoms with Gasteiger partial charge in [-0.25, -0.2) is 0 Å². The molecule has 0 fully saturated rings. The van der Waals surface area contributed by atoms with Gasteiger partial charge in [0.25, 0.3) is 0 Å². The lowest BCUT2D eigenvalue weighted by atomic mass is 10.0. The minimum atomic E-state index is -0.703. The van der Waals surface area contributed by atoms with Gasteiger partial charge in [0.2, 0.25) is 0 Å². The van der Waals surface area contributed by atoms with Gasteiger partial charge in [-0.2, -0.15) is 5.10 Å². The van der Waals surface area contributed by atoms with Crippen molar-refractivity contribution in [3.8, 4) is 0 Å². The second kappa shape index (κ2) is 7.16. The van der Waals surface area contributed by atoms with Crippen molar-refractivity contribution in [2.75, 3.05) is 0 Å². The first-order valence-corrected chi connectivity index (χ1v) is 6.42. The Labute approximate surface area is 108 Å². The van der Waals surface area contributed by atoms with Gasteiger partial charge in [-0.15, -0.1) is 0 Å². The SMILES string of the molecule is CC(CCCC(C)C(=O)O)NCc1cnn(C)c1. The molecular weight excluding hydrogens is 230 g/mol. The molecule has 5 nitrogen and oxygen atoms in total. The third-order valence-electron chi connectivity index (χ3n) is 3.11. The monoisotopic (exact) mass is 253 g/mol. The summed E-state index contributed by atoms with van der Waals surface area (Å²) in [5.74, 6) is -0.943. The summed E-state index contributed by atoms with van der Waals surface area (Å²) in [5, 5.41) is 16.3. The Balaban J connectivity index is 2.14. The Morgan fingerprint density at radius 2 is 2.22 bits per heavy atom. The quantitative estimate of drug-likeness (QED) is 0.741. The maximum Gasteiger partial charge on any atom is 0.306 e. The van der Waals surface area contributed by atoms with Gasteiger partial charge >= 0.3 is 5.97 Å². The molecule has 0 saturated carbocycles.